The fourth-order valence-electron chi connectivity index (χ4n) is 3.95. The molecule has 0 atom stereocenters. The van der Waals surface area contributed by atoms with E-state index < -0.39 is 0 Å². The lowest BCUT2D eigenvalue weighted by Gasteiger charge is -2.15. The van der Waals surface area contributed by atoms with Crippen molar-refractivity contribution in [2.45, 2.75) is 64.5 Å². The van der Waals surface area contributed by atoms with Crippen LogP contribution in [0.3, 0.4) is 0 Å². The Morgan fingerprint density at radius 2 is 1.89 bits per heavy atom. The van der Waals surface area contributed by atoms with Gasteiger partial charge >= 0.3 is 0 Å². The number of rotatable bonds is 4. The Bertz CT molecular complexity index is 929. The van der Waals surface area contributed by atoms with Crippen LogP contribution < -0.4 is 5.32 Å². The van der Waals surface area contributed by atoms with Crippen LogP contribution in [0.15, 0.2) is 42.9 Å². The lowest BCUT2D eigenvalue weighted by Crippen LogP contribution is -2.34. The topological polar surface area (TPSA) is 51.3 Å². The number of imidazole rings is 1. The fraction of sp³-hybridized carbons (Fsp3) is 0.455. The molecule has 1 aliphatic carbocycles. The van der Waals surface area contributed by atoms with Gasteiger partial charge in [-0.15, -0.1) is 0 Å². The molecule has 0 aliphatic heterocycles. The highest BCUT2D eigenvalue weighted by Crippen LogP contribution is 2.25. The number of hydrogen-bond donors (Lipinski definition) is 1. The normalized spacial score (nSPS) is 16.0. The third kappa shape index (κ3) is 3.64. The maximum absolute atomic E-state index is 13.0. The number of pyridine rings is 1. The predicted molar refractivity (Wildman–Crippen MR) is 108 cm³/mol. The number of nitrogens with zero attached hydrogens (tertiary/aromatic N) is 3. The van der Waals surface area contributed by atoms with Gasteiger partial charge in [0.1, 0.15) is 5.82 Å². The zero-order valence-corrected chi connectivity index (χ0v) is 16.2. The smallest absolute Gasteiger partial charge is 0.272 e. The van der Waals surface area contributed by atoms with Gasteiger partial charge in [-0.1, -0.05) is 31.7 Å². The summed E-state index contributed by atoms with van der Waals surface area (Å²) in [6.07, 6.45) is 13.2. The molecule has 1 aliphatic rings. The van der Waals surface area contributed by atoms with Gasteiger partial charge < -0.3 is 9.88 Å². The van der Waals surface area contributed by atoms with Crippen LogP contribution in [0.1, 0.15) is 68.9 Å². The lowest BCUT2D eigenvalue weighted by molar-refractivity contribution is 0.0930. The summed E-state index contributed by atoms with van der Waals surface area (Å²) in [6, 6.07) is 8.63. The van der Waals surface area contributed by atoms with E-state index in [1.807, 2.05) is 28.8 Å². The van der Waals surface area contributed by atoms with E-state index in [-0.39, 0.29) is 11.9 Å². The molecule has 27 heavy (non-hydrogen) atoms. The summed E-state index contributed by atoms with van der Waals surface area (Å²) in [5, 5.41) is 3.24. The number of fused-ring (bicyclic) bond motifs is 1. The number of amides is 1. The van der Waals surface area contributed by atoms with E-state index in [0.29, 0.717) is 11.7 Å². The molecule has 0 saturated heterocycles. The minimum Gasteiger partial charge on any atom is -0.351 e. The Kier molecular flexibility index (Phi) is 5.01. The second-order valence-electron chi connectivity index (χ2n) is 7.84. The van der Waals surface area contributed by atoms with Crippen molar-refractivity contribution in [3.63, 3.8) is 0 Å². The van der Waals surface area contributed by atoms with Gasteiger partial charge in [0.25, 0.3) is 5.91 Å². The molecule has 0 radical (unpaired) electrons. The average molecular weight is 364 g/mol. The Balaban J connectivity index is 1.67. The SMILES string of the molecule is CC(C)n1ccc(-c2nc(C(=O)NC3CCCCCC3)c3ccccn23)c1. The van der Waals surface area contributed by atoms with Crippen LogP contribution in [0.4, 0.5) is 0 Å². The molecule has 4 rings (SSSR count). The molecule has 1 N–H and O–H groups in total. The standard InChI is InChI=1S/C22H28N4O/c1-16(2)25-14-12-17(15-25)21-24-20(19-11-7-8-13-26(19)21)22(27)23-18-9-5-3-4-6-10-18/h7-8,11-16,18H,3-6,9-10H2,1-2H3,(H,23,27). The minimum absolute atomic E-state index is 0.0554. The van der Waals surface area contributed by atoms with Crippen molar-refractivity contribution in [1.29, 1.82) is 0 Å². The highest BCUT2D eigenvalue weighted by atomic mass is 16.2. The highest BCUT2D eigenvalue weighted by Gasteiger charge is 2.22. The number of hydrogen-bond acceptors (Lipinski definition) is 2. The Hall–Kier alpha value is -2.56. The minimum atomic E-state index is -0.0554. The largest absolute Gasteiger partial charge is 0.351 e. The molecule has 1 saturated carbocycles. The van der Waals surface area contributed by atoms with Gasteiger partial charge in [-0.2, -0.15) is 0 Å². The zero-order valence-electron chi connectivity index (χ0n) is 16.2. The molecule has 3 aromatic rings. The van der Waals surface area contributed by atoms with E-state index in [1.165, 1.54) is 25.7 Å². The summed E-state index contributed by atoms with van der Waals surface area (Å²) in [5.41, 5.74) is 2.40. The third-order valence-electron chi connectivity index (χ3n) is 5.52. The molecule has 0 unspecified atom stereocenters. The van der Waals surface area contributed by atoms with Crippen LogP contribution in [0.5, 0.6) is 0 Å². The van der Waals surface area contributed by atoms with Crippen molar-refractivity contribution in [2.75, 3.05) is 0 Å². The Labute approximate surface area is 160 Å². The van der Waals surface area contributed by atoms with E-state index in [1.54, 1.807) is 0 Å². The van der Waals surface area contributed by atoms with Crippen molar-refractivity contribution in [3.8, 4) is 11.4 Å². The molecule has 3 aromatic heterocycles. The molecule has 142 valence electrons. The zero-order chi connectivity index (χ0) is 18.8. The Morgan fingerprint density at radius 3 is 2.59 bits per heavy atom. The molecular formula is C22H28N4O. The van der Waals surface area contributed by atoms with Gasteiger partial charge in [0, 0.05) is 36.2 Å². The molecule has 3 heterocycles. The van der Waals surface area contributed by atoms with Crippen LogP contribution in [0.25, 0.3) is 16.9 Å². The highest BCUT2D eigenvalue weighted by molar-refractivity contribution is 6.00. The van der Waals surface area contributed by atoms with Crippen LogP contribution in [0, 0.1) is 0 Å². The summed E-state index contributed by atoms with van der Waals surface area (Å²) < 4.78 is 4.17. The molecular weight excluding hydrogens is 336 g/mol. The number of carbonyl (C=O) groups excluding carboxylic acids is 1. The first-order valence-corrected chi connectivity index (χ1v) is 10.1. The lowest BCUT2D eigenvalue weighted by atomic mass is 10.1. The van der Waals surface area contributed by atoms with Gasteiger partial charge in [0.05, 0.1) is 5.52 Å². The second-order valence-corrected chi connectivity index (χ2v) is 7.84. The molecule has 0 spiro atoms. The molecule has 1 amide bonds. The first-order chi connectivity index (χ1) is 13.1. The number of carbonyl (C=O) groups is 1. The summed E-state index contributed by atoms with van der Waals surface area (Å²) >= 11 is 0. The summed E-state index contributed by atoms with van der Waals surface area (Å²) in [6.45, 7) is 4.30. The molecule has 0 aromatic carbocycles. The van der Waals surface area contributed by atoms with Crippen molar-refractivity contribution in [3.05, 3.63) is 48.5 Å². The summed E-state index contributed by atoms with van der Waals surface area (Å²) in [5.74, 6) is 0.760. The third-order valence-corrected chi connectivity index (χ3v) is 5.52. The maximum atomic E-state index is 13.0. The van der Waals surface area contributed by atoms with Crippen LogP contribution in [-0.2, 0) is 0 Å². The van der Waals surface area contributed by atoms with E-state index in [0.717, 1.165) is 29.7 Å². The van der Waals surface area contributed by atoms with Crippen molar-refractivity contribution < 1.29 is 4.79 Å². The van der Waals surface area contributed by atoms with Gasteiger partial charge in [0.15, 0.2) is 5.69 Å². The predicted octanol–water partition coefficient (Wildman–Crippen LogP) is 4.84. The van der Waals surface area contributed by atoms with Gasteiger partial charge in [-0.05, 0) is 44.9 Å². The van der Waals surface area contributed by atoms with Crippen molar-refractivity contribution in [1.82, 2.24) is 19.3 Å². The van der Waals surface area contributed by atoms with Crippen LogP contribution in [-0.4, -0.2) is 25.9 Å². The molecule has 0 bridgehead atoms. The Morgan fingerprint density at radius 1 is 1.11 bits per heavy atom. The van der Waals surface area contributed by atoms with Crippen molar-refractivity contribution >= 4 is 11.4 Å². The van der Waals surface area contributed by atoms with Gasteiger partial charge in [-0.3, -0.25) is 9.20 Å². The average Bonchev–Trinajstić information content (AvgIpc) is 3.21. The van der Waals surface area contributed by atoms with E-state index >= 15 is 0 Å². The first kappa shape index (κ1) is 17.8. The molecule has 5 heteroatoms. The first-order valence-electron chi connectivity index (χ1n) is 10.1. The molecule has 5 nitrogen and oxygen atoms in total. The van der Waals surface area contributed by atoms with Crippen LogP contribution in [0.2, 0.25) is 0 Å². The van der Waals surface area contributed by atoms with Crippen LogP contribution >= 0.6 is 0 Å². The molecule has 1 fully saturated rings. The summed E-state index contributed by atoms with van der Waals surface area (Å²) in [4.78, 5) is 17.8. The van der Waals surface area contributed by atoms with Gasteiger partial charge in [0.2, 0.25) is 0 Å². The van der Waals surface area contributed by atoms with E-state index in [4.69, 9.17) is 4.98 Å². The quantitative estimate of drug-likeness (QED) is 0.674. The second kappa shape index (κ2) is 7.59. The monoisotopic (exact) mass is 364 g/mol. The van der Waals surface area contributed by atoms with E-state index in [9.17, 15) is 4.79 Å². The van der Waals surface area contributed by atoms with Gasteiger partial charge in [-0.25, -0.2) is 4.98 Å². The van der Waals surface area contributed by atoms with E-state index in [2.05, 4.69) is 42.2 Å². The fourth-order valence-corrected chi connectivity index (χ4v) is 3.95. The number of nitrogens with one attached hydrogen (secondary N) is 1. The van der Waals surface area contributed by atoms with Crippen molar-refractivity contribution in [2.24, 2.45) is 0 Å². The summed E-state index contributed by atoms with van der Waals surface area (Å²) in [7, 11) is 0. The number of aromatic nitrogens is 3. The maximum Gasteiger partial charge on any atom is 0.272 e.